The summed E-state index contributed by atoms with van der Waals surface area (Å²) in [6.45, 7) is 0.370. The predicted octanol–water partition coefficient (Wildman–Crippen LogP) is -0.367. The Bertz CT molecular complexity index is 360. The van der Waals surface area contributed by atoms with Crippen LogP contribution in [0.4, 0.5) is 0 Å². The van der Waals surface area contributed by atoms with E-state index >= 15 is 0 Å². The number of nitrogens with zero attached hydrogens (tertiary/aromatic N) is 2. The Hall–Kier alpha value is -1.29. The predicted molar refractivity (Wildman–Crippen MR) is 60.6 cm³/mol. The van der Waals surface area contributed by atoms with Crippen LogP contribution >= 0.6 is 7.92 Å². The number of guanidine groups is 1. The van der Waals surface area contributed by atoms with Gasteiger partial charge < -0.3 is 0 Å². The normalized spacial score (nSPS) is 11.6. The molecule has 0 unspecified atom stereocenters. The van der Waals surface area contributed by atoms with E-state index in [0.717, 1.165) is 0 Å². The number of aliphatic carboxylic acids is 1. The summed E-state index contributed by atoms with van der Waals surface area (Å²) in [4.78, 5) is 15.9. The van der Waals surface area contributed by atoms with Crippen molar-refractivity contribution < 1.29 is 14.5 Å². The van der Waals surface area contributed by atoms with Crippen molar-refractivity contribution in [1.82, 2.24) is 4.90 Å². The minimum atomic E-state index is -0.997. The summed E-state index contributed by atoms with van der Waals surface area (Å²) in [6.07, 6.45) is 0.877. The van der Waals surface area contributed by atoms with Crippen molar-refractivity contribution in [2.24, 2.45) is 16.5 Å². The van der Waals surface area contributed by atoms with E-state index in [2.05, 4.69) is 10.7 Å². The molecule has 0 fully saturated rings. The second kappa shape index (κ2) is 7.93. The van der Waals surface area contributed by atoms with Gasteiger partial charge in [0.15, 0.2) is 0 Å². The van der Waals surface area contributed by atoms with Gasteiger partial charge in [-0.2, -0.15) is 0 Å². The Kier molecular flexibility index (Phi) is 7.29. The van der Waals surface area contributed by atoms with Gasteiger partial charge in [0, 0.05) is 0 Å². The van der Waals surface area contributed by atoms with Crippen molar-refractivity contribution in [2.45, 2.75) is 18.9 Å². The van der Waals surface area contributed by atoms with Gasteiger partial charge in [-0.25, -0.2) is 0 Å². The van der Waals surface area contributed by atoms with Crippen molar-refractivity contribution in [3.05, 3.63) is 0 Å². The quantitative estimate of drug-likeness (QED) is 0.193. The molecule has 0 aliphatic heterocycles. The Labute approximate surface area is 94.6 Å². The third-order valence-electron chi connectivity index (χ3n) is 1.88. The van der Waals surface area contributed by atoms with Crippen LogP contribution in [0.15, 0.2) is 4.99 Å². The van der Waals surface area contributed by atoms with E-state index in [-0.39, 0.29) is 13.9 Å². The molecule has 0 aliphatic rings. The van der Waals surface area contributed by atoms with Crippen LogP contribution in [0.3, 0.4) is 0 Å². The van der Waals surface area contributed by atoms with E-state index in [9.17, 15) is 9.36 Å². The summed E-state index contributed by atoms with van der Waals surface area (Å²) in [5.74, 6) is 1.35. The van der Waals surface area contributed by atoms with Gasteiger partial charge in [0.2, 0.25) is 0 Å². The number of carboxylic acids is 1. The molecule has 0 rings (SSSR count). The molecule has 7 nitrogen and oxygen atoms in total. The van der Waals surface area contributed by atoms with Crippen molar-refractivity contribution in [3.8, 4) is 5.75 Å². The molecule has 0 heterocycles. The summed E-state index contributed by atoms with van der Waals surface area (Å²) in [5, 5.41) is 8.91. The summed E-state index contributed by atoms with van der Waals surface area (Å²) >= 11 is 0. The molecule has 0 spiro atoms. The molecule has 0 aliphatic carbocycles. The molecule has 16 heavy (non-hydrogen) atoms. The van der Waals surface area contributed by atoms with Crippen LogP contribution in [0, 0.1) is 5.75 Å². The second-order valence-electron chi connectivity index (χ2n) is 3.11. The van der Waals surface area contributed by atoms with Gasteiger partial charge in [-0.05, 0) is 0 Å². The fraction of sp³-hybridized carbons (Fsp3) is 0.625. The summed E-state index contributed by atoms with van der Waals surface area (Å²) in [5.41, 5.74) is 10.2. The Balaban J connectivity index is 4.24. The molecule has 8 heteroatoms. The zero-order valence-electron chi connectivity index (χ0n) is 8.96. The molecule has 0 saturated carbocycles. The summed E-state index contributed by atoms with van der Waals surface area (Å²) in [6, 6.07) is -0.768. The number of carboxylic acid groups (broad SMARTS) is 1. The van der Waals surface area contributed by atoms with E-state index in [1.165, 1.54) is 11.9 Å². The zero-order chi connectivity index (χ0) is 12.6. The van der Waals surface area contributed by atoms with Gasteiger partial charge in [0.05, 0.1) is 0 Å². The van der Waals surface area contributed by atoms with Gasteiger partial charge in [0.25, 0.3) is 0 Å². The molecule has 0 radical (unpaired) electrons. The van der Waals surface area contributed by atoms with Crippen LogP contribution in [0.2, 0.25) is 0 Å². The monoisotopic (exact) mass is 246 g/mol. The van der Waals surface area contributed by atoms with Crippen LogP contribution in [-0.4, -0.2) is 41.6 Å². The standard InChI is InChI=1S/C8H15N4O3P/c1-12(5-16-15)6(7(13)14)3-2-4-11-8(9)10/h6H,2-4H2,1H3,(H,13,14)(H4,9,10,11)/t6-/m0/s1. The third kappa shape index (κ3) is 6.24. The first-order valence-corrected chi connectivity index (χ1v) is 5.39. The number of rotatable bonds is 6. The van der Waals surface area contributed by atoms with Crippen molar-refractivity contribution in [2.75, 3.05) is 13.6 Å². The first-order valence-electron chi connectivity index (χ1n) is 4.58. The van der Waals surface area contributed by atoms with Gasteiger partial charge in [-0.3, -0.25) is 0 Å². The fourth-order valence-corrected chi connectivity index (χ4v) is 1.38. The van der Waals surface area contributed by atoms with Gasteiger partial charge in [-0.15, -0.1) is 0 Å². The number of likely N-dealkylation sites (N-methyl/N-ethyl adjacent to an activating group) is 1. The van der Waals surface area contributed by atoms with Gasteiger partial charge in [0.1, 0.15) is 0 Å². The minimum absolute atomic E-state index is 0.0172. The molecule has 90 valence electrons. The van der Waals surface area contributed by atoms with Gasteiger partial charge >= 0.3 is 93.9 Å². The van der Waals surface area contributed by atoms with Crippen molar-refractivity contribution in [3.63, 3.8) is 0 Å². The third-order valence-corrected chi connectivity index (χ3v) is 2.28. The van der Waals surface area contributed by atoms with Gasteiger partial charge in [-0.1, -0.05) is 0 Å². The van der Waals surface area contributed by atoms with E-state index < -0.39 is 12.0 Å². The van der Waals surface area contributed by atoms with E-state index in [1.807, 2.05) is 0 Å². The van der Waals surface area contributed by atoms with E-state index in [0.29, 0.717) is 19.4 Å². The molecule has 0 aromatic rings. The first kappa shape index (κ1) is 14.7. The average Bonchev–Trinajstić information content (AvgIpc) is 2.16. The maximum atomic E-state index is 10.9. The zero-order valence-corrected chi connectivity index (χ0v) is 9.85. The number of carbonyl (C=O) groups is 1. The van der Waals surface area contributed by atoms with Crippen LogP contribution in [0.1, 0.15) is 12.8 Å². The maximum absolute atomic E-state index is 10.9. The van der Waals surface area contributed by atoms with E-state index in [1.54, 1.807) is 0 Å². The average molecular weight is 246 g/mol. The van der Waals surface area contributed by atoms with Crippen LogP contribution < -0.4 is 11.5 Å². The van der Waals surface area contributed by atoms with Crippen LogP contribution in [-0.2, 0) is 9.36 Å². The van der Waals surface area contributed by atoms with Crippen molar-refractivity contribution in [1.29, 1.82) is 0 Å². The molecule has 0 bridgehead atoms. The topological polar surface area (TPSA) is 122 Å². The molecule has 0 saturated heterocycles. The summed E-state index contributed by atoms with van der Waals surface area (Å²) < 4.78 is 10.3. The molecule has 0 aromatic heterocycles. The molecular weight excluding hydrogens is 231 g/mol. The number of aliphatic imine (C=N–C) groups is 1. The Morgan fingerprint density at radius 1 is 1.62 bits per heavy atom. The van der Waals surface area contributed by atoms with E-state index in [4.69, 9.17) is 16.6 Å². The molecule has 5 N–H and O–H groups in total. The second-order valence-corrected chi connectivity index (χ2v) is 3.49. The molecular formula is C8H15N4O3P. The molecule has 0 aromatic carbocycles. The summed E-state index contributed by atoms with van der Waals surface area (Å²) in [7, 11) is 1.16. The SMILES string of the molecule is CN(C#P=O)[C@@H](CCCN=C(N)N)C(=O)O. The number of nitrogens with two attached hydrogens (primary N) is 2. The Morgan fingerprint density at radius 2 is 2.25 bits per heavy atom. The molecule has 0 amide bonds. The fourth-order valence-electron chi connectivity index (χ4n) is 1.11. The van der Waals surface area contributed by atoms with Crippen LogP contribution in [0.25, 0.3) is 0 Å². The number of hydrogen-bond acceptors (Lipinski definition) is 4. The Morgan fingerprint density at radius 3 is 2.69 bits per heavy atom. The molecule has 1 atom stereocenters. The van der Waals surface area contributed by atoms with Crippen LogP contribution in [0.5, 0.6) is 0 Å². The first-order chi connectivity index (χ1) is 7.49. The van der Waals surface area contributed by atoms with Crippen molar-refractivity contribution >= 4 is 19.8 Å². The number of hydrogen-bond donors (Lipinski definition) is 3.